The molecular formula is C16H15NO3. The van der Waals surface area contributed by atoms with E-state index in [0.29, 0.717) is 6.54 Å². The Kier molecular flexibility index (Phi) is 2.31. The maximum Gasteiger partial charge on any atom is 0.234 e. The van der Waals surface area contributed by atoms with Crippen LogP contribution in [-0.4, -0.2) is 21.8 Å². The second-order valence-corrected chi connectivity index (χ2v) is 5.93. The van der Waals surface area contributed by atoms with Crippen molar-refractivity contribution in [1.29, 1.82) is 0 Å². The molecule has 4 unspecified atom stereocenters. The van der Waals surface area contributed by atoms with Crippen LogP contribution in [0.1, 0.15) is 12.0 Å². The van der Waals surface area contributed by atoms with Gasteiger partial charge in [0.05, 0.1) is 18.4 Å². The van der Waals surface area contributed by atoms with Gasteiger partial charge in [0, 0.05) is 0 Å². The van der Waals surface area contributed by atoms with E-state index >= 15 is 0 Å². The molecule has 1 aromatic carbocycles. The summed E-state index contributed by atoms with van der Waals surface area (Å²) < 4.78 is 0. The van der Waals surface area contributed by atoms with Crippen molar-refractivity contribution in [3.8, 4) is 5.75 Å². The maximum absolute atomic E-state index is 12.5. The Labute approximate surface area is 116 Å². The van der Waals surface area contributed by atoms with E-state index in [0.717, 1.165) is 12.0 Å². The number of allylic oxidation sites excluding steroid dienone is 2. The summed E-state index contributed by atoms with van der Waals surface area (Å²) in [6.07, 6.45) is 5.15. The van der Waals surface area contributed by atoms with Crippen LogP contribution in [-0.2, 0) is 16.1 Å². The van der Waals surface area contributed by atoms with E-state index in [9.17, 15) is 14.7 Å². The van der Waals surface area contributed by atoms with Crippen LogP contribution in [0.4, 0.5) is 0 Å². The smallest absolute Gasteiger partial charge is 0.234 e. The summed E-state index contributed by atoms with van der Waals surface area (Å²) in [7, 11) is 0. The number of fused-ring (bicyclic) bond motifs is 5. The number of carbonyl (C=O) groups excluding carboxylic acids is 2. The van der Waals surface area contributed by atoms with E-state index < -0.39 is 0 Å². The van der Waals surface area contributed by atoms with Crippen molar-refractivity contribution < 1.29 is 14.7 Å². The number of benzene rings is 1. The number of rotatable bonds is 2. The summed E-state index contributed by atoms with van der Waals surface area (Å²) in [6, 6.07) is 6.65. The van der Waals surface area contributed by atoms with Crippen molar-refractivity contribution in [2.75, 3.05) is 0 Å². The molecule has 4 nitrogen and oxygen atoms in total. The third-order valence-electron chi connectivity index (χ3n) is 4.84. The van der Waals surface area contributed by atoms with Crippen molar-refractivity contribution in [2.45, 2.75) is 13.0 Å². The number of hydrogen-bond acceptors (Lipinski definition) is 3. The first-order valence-corrected chi connectivity index (χ1v) is 6.96. The molecule has 102 valence electrons. The van der Waals surface area contributed by atoms with E-state index in [1.54, 1.807) is 24.3 Å². The molecule has 0 radical (unpaired) electrons. The van der Waals surface area contributed by atoms with Gasteiger partial charge in [-0.2, -0.15) is 0 Å². The number of phenolic OH excluding ortho intramolecular Hbond substituents is 1. The van der Waals surface area contributed by atoms with Gasteiger partial charge in [-0.3, -0.25) is 14.5 Å². The van der Waals surface area contributed by atoms with Gasteiger partial charge in [-0.1, -0.05) is 24.3 Å². The molecule has 1 heterocycles. The lowest BCUT2D eigenvalue weighted by molar-refractivity contribution is -0.141. The molecule has 4 atom stereocenters. The molecule has 2 fully saturated rings. The number of nitrogens with zero attached hydrogens (tertiary/aromatic N) is 1. The summed E-state index contributed by atoms with van der Waals surface area (Å²) >= 11 is 0. The molecule has 3 aliphatic rings. The van der Waals surface area contributed by atoms with Gasteiger partial charge >= 0.3 is 0 Å². The fourth-order valence-corrected chi connectivity index (χ4v) is 3.90. The fraction of sp³-hybridized carbons (Fsp3) is 0.375. The molecular weight excluding hydrogens is 254 g/mol. The van der Waals surface area contributed by atoms with Gasteiger partial charge in [-0.15, -0.1) is 0 Å². The molecule has 4 rings (SSSR count). The Morgan fingerprint density at radius 3 is 2.10 bits per heavy atom. The number of carbonyl (C=O) groups is 2. The minimum Gasteiger partial charge on any atom is -0.508 e. The third-order valence-corrected chi connectivity index (χ3v) is 4.84. The van der Waals surface area contributed by atoms with Crippen LogP contribution < -0.4 is 0 Å². The van der Waals surface area contributed by atoms with Gasteiger partial charge in [0.1, 0.15) is 5.75 Å². The molecule has 1 aliphatic heterocycles. The van der Waals surface area contributed by atoms with Crippen LogP contribution in [0, 0.1) is 23.7 Å². The summed E-state index contributed by atoms with van der Waals surface area (Å²) in [5, 5.41) is 9.27. The predicted octanol–water partition coefficient (Wildman–Crippen LogP) is 1.70. The number of hydrogen-bond donors (Lipinski definition) is 1. The van der Waals surface area contributed by atoms with Crippen LogP contribution in [0.2, 0.25) is 0 Å². The Hall–Kier alpha value is -2.10. The van der Waals surface area contributed by atoms with Gasteiger partial charge in [0.25, 0.3) is 0 Å². The Bertz CT molecular complexity index is 589. The molecule has 4 heteroatoms. The molecule has 2 bridgehead atoms. The van der Waals surface area contributed by atoms with Gasteiger partial charge in [-0.05, 0) is 36.0 Å². The number of amides is 2. The third kappa shape index (κ3) is 1.48. The zero-order valence-electron chi connectivity index (χ0n) is 10.9. The quantitative estimate of drug-likeness (QED) is 0.656. The van der Waals surface area contributed by atoms with E-state index in [1.165, 1.54) is 4.90 Å². The molecule has 20 heavy (non-hydrogen) atoms. The van der Waals surface area contributed by atoms with Gasteiger partial charge in [-0.25, -0.2) is 0 Å². The van der Waals surface area contributed by atoms with Crippen molar-refractivity contribution in [3.05, 3.63) is 42.0 Å². The number of imide groups is 1. The average Bonchev–Trinajstić information content (AvgIpc) is 3.11. The van der Waals surface area contributed by atoms with Crippen LogP contribution in [0.5, 0.6) is 5.75 Å². The highest BCUT2D eigenvalue weighted by Gasteiger charge is 2.59. The predicted molar refractivity (Wildman–Crippen MR) is 71.4 cm³/mol. The molecule has 1 saturated heterocycles. The Morgan fingerprint density at radius 1 is 1.00 bits per heavy atom. The minimum atomic E-state index is -0.130. The van der Waals surface area contributed by atoms with Crippen LogP contribution in [0.15, 0.2) is 36.4 Å². The first-order chi connectivity index (χ1) is 9.65. The maximum atomic E-state index is 12.5. The number of likely N-dealkylation sites (tertiary alicyclic amines) is 1. The highest BCUT2D eigenvalue weighted by Crippen LogP contribution is 2.52. The molecule has 0 spiro atoms. The zero-order chi connectivity index (χ0) is 13.9. The van der Waals surface area contributed by atoms with Gasteiger partial charge < -0.3 is 5.11 Å². The summed E-state index contributed by atoms with van der Waals surface area (Å²) in [6.45, 7) is 0.310. The zero-order valence-corrected chi connectivity index (χ0v) is 10.9. The fourth-order valence-electron chi connectivity index (χ4n) is 3.90. The molecule has 2 aliphatic carbocycles. The SMILES string of the molecule is O=C1C2C3C=CC(C3)C2C(=O)N1Cc1ccc(O)cc1. The Balaban J connectivity index is 1.60. The number of aromatic hydroxyl groups is 1. The monoisotopic (exact) mass is 269 g/mol. The largest absolute Gasteiger partial charge is 0.508 e. The van der Waals surface area contributed by atoms with Crippen molar-refractivity contribution >= 4 is 11.8 Å². The van der Waals surface area contributed by atoms with Crippen LogP contribution >= 0.6 is 0 Å². The standard InChI is InChI=1S/C16H15NO3/c18-12-5-1-9(2-6-12)8-17-15(19)13-10-3-4-11(7-10)14(13)16(17)20/h1-6,10-11,13-14,18H,7-8H2. The first kappa shape index (κ1) is 11.7. The van der Waals surface area contributed by atoms with E-state index in [1.807, 2.05) is 0 Å². The lowest BCUT2D eigenvalue weighted by atomic mass is 9.85. The molecule has 1 aromatic rings. The van der Waals surface area contributed by atoms with Gasteiger partial charge in [0.15, 0.2) is 0 Å². The highest BCUT2D eigenvalue weighted by molar-refractivity contribution is 6.06. The number of phenols is 1. The molecule has 0 aromatic heterocycles. The van der Waals surface area contributed by atoms with Crippen molar-refractivity contribution in [1.82, 2.24) is 4.90 Å². The topological polar surface area (TPSA) is 57.6 Å². The second-order valence-electron chi connectivity index (χ2n) is 5.93. The normalized spacial score (nSPS) is 34.1. The van der Waals surface area contributed by atoms with E-state index in [2.05, 4.69) is 12.2 Å². The van der Waals surface area contributed by atoms with Crippen molar-refractivity contribution in [2.24, 2.45) is 23.7 Å². The first-order valence-electron chi connectivity index (χ1n) is 6.96. The van der Waals surface area contributed by atoms with E-state index in [-0.39, 0.29) is 41.2 Å². The van der Waals surface area contributed by atoms with Crippen LogP contribution in [0.25, 0.3) is 0 Å². The van der Waals surface area contributed by atoms with Crippen molar-refractivity contribution in [3.63, 3.8) is 0 Å². The Morgan fingerprint density at radius 2 is 1.55 bits per heavy atom. The molecule has 1 saturated carbocycles. The van der Waals surface area contributed by atoms with Crippen LogP contribution in [0.3, 0.4) is 0 Å². The summed E-state index contributed by atoms with van der Waals surface area (Å²) in [5.74, 6) is 0.392. The minimum absolute atomic E-state index is 0.0232. The average molecular weight is 269 g/mol. The molecule has 2 amide bonds. The van der Waals surface area contributed by atoms with Gasteiger partial charge in [0.2, 0.25) is 11.8 Å². The highest BCUT2D eigenvalue weighted by atomic mass is 16.3. The lowest BCUT2D eigenvalue weighted by Gasteiger charge is -2.17. The second kappa shape index (κ2) is 3.95. The summed E-state index contributed by atoms with van der Waals surface area (Å²) in [5.41, 5.74) is 0.866. The lowest BCUT2D eigenvalue weighted by Crippen LogP contribution is -2.32. The van der Waals surface area contributed by atoms with E-state index in [4.69, 9.17) is 0 Å². The summed E-state index contributed by atoms with van der Waals surface area (Å²) in [4.78, 5) is 26.4. The molecule has 1 N–H and O–H groups in total.